The van der Waals surface area contributed by atoms with Crippen LogP contribution in [0, 0.1) is 6.92 Å². The lowest BCUT2D eigenvalue weighted by Gasteiger charge is -2.10. The molecule has 2 amide bonds. The summed E-state index contributed by atoms with van der Waals surface area (Å²) >= 11 is 0. The maximum atomic E-state index is 12.8. The van der Waals surface area contributed by atoms with Crippen LogP contribution in [-0.4, -0.2) is 41.9 Å². The van der Waals surface area contributed by atoms with E-state index in [0.717, 1.165) is 41.5 Å². The number of para-hydroxylation sites is 1. The van der Waals surface area contributed by atoms with E-state index in [0.29, 0.717) is 17.6 Å². The molecule has 1 aliphatic rings. The average Bonchev–Trinajstić information content (AvgIpc) is 3.20. The molecular weight excluding hydrogens is 374 g/mol. The first-order chi connectivity index (χ1) is 14.4. The lowest BCUT2D eigenvalue weighted by molar-refractivity contribution is -0.123. The van der Waals surface area contributed by atoms with Gasteiger partial charge in [0.1, 0.15) is 0 Å². The molecule has 0 atom stereocenters. The fraction of sp³-hybridized carbons (Fsp3) is 0.280. The monoisotopic (exact) mass is 401 g/mol. The normalized spacial score (nSPS) is 14.3. The summed E-state index contributed by atoms with van der Waals surface area (Å²) in [6.45, 7) is 3.88. The highest BCUT2D eigenvalue weighted by Gasteiger charge is 2.32. The van der Waals surface area contributed by atoms with E-state index >= 15 is 0 Å². The number of carbonyl (C=O) groups is 2. The first-order valence-corrected chi connectivity index (χ1v) is 10.3. The number of aromatic nitrogens is 1. The van der Waals surface area contributed by atoms with Gasteiger partial charge in [-0.05, 0) is 45.6 Å². The van der Waals surface area contributed by atoms with Crippen molar-refractivity contribution in [3.63, 3.8) is 0 Å². The summed E-state index contributed by atoms with van der Waals surface area (Å²) in [7, 11) is 4.13. The minimum Gasteiger partial charge on any atom is -0.347 e. The molecule has 2 heterocycles. The Morgan fingerprint density at radius 2 is 1.70 bits per heavy atom. The second kappa shape index (κ2) is 8.28. The Morgan fingerprint density at radius 1 is 0.967 bits per heavy atom. The van der Waals surface area contributed by atoms with E-state index in [-0.39, 0.29) is 11.8 Å². The van der Waals surface area contributed by atoms with Crippen molar-refractivity contribution in [2.24, 2.45) is 0 Å². The Morgan fingerprint density at radius 3 is 2.43 bits per heavy atom. The SMILES string of the molecule is Cc1ccc(CC2=C(c3cn(CCCN(C)C)c4ccccc34)C(=O)NC2=O)cc1. The topological polar surface area (TPSA) is 54.3 Å². The van der Waals surface area contributed by atoms with E-state index in [1.165, 1.54) is 5.56 Å². The van der Waals surface area contributed by atoms with Gasteiger partial charge in [-0.25, -0.2) is 0 Å². The fourth-order valence-corrected chi connectivity index (χ4v) is 4.04. The second-order valence-corrected chi connectivity index (χ2v) is 8.21. The number of hydrogen-bond acceptors (Lipinski definition) is 3. The first kappa shape index (κ1) is 20.1. The van der Waals surface area contributed by atoms with Crippen LogP contribution in [0.3, 0.4) is 0 Å². The summed E-state index contributed by atoms with van der Waals surface area (Å²) in [5, 5.41) is 3.51. The maximum absolute atomic E-state index is 12.8. The van der Waals surface area contributed by atoms with E-state index in [2.05, 4.69) is 34.9 Å². The maximum Gasteiger partial charge on any atom is 0.259 e. The molecule has 0 saturated carbocycles. The van der Waals surface area contributed by atoms with Crippen molar-refractivity contribution in [2.75, 3.05) is 20.6 Å². The minimum atomic E-state index is -0.307. The van der Waals surface area contributed by atoms with Gasteiger partial charge in [-0.3, -0.25) is 14.9 Å². The van der Waals surface area contributed by atoms with Crippen molar-refractivity contribution in [3.8, 4) is 0 Å². The van der Waals surface area contributed by atoms with E-state index in [4.69, 9.17) is 0 Å². The van der Waals surface area contributed by atoms with Gasteiger partial charge < -0.3 is 9.47 Å². The van der Waals surface area contributed by atoms with Gasteiger partial charge in [0.25, 0.3) is 11.8 Å². The number of fused-ring (bicyclic) bond motifs is 1. The number of nitrogens with zero attached hydrogens (tertiary/aromatic N) is 2. The Bertz CT molecular complexity index is 1140. The largest absolute Gasteiger partial charge is 0.347 e. The molecule has 2 aromatic carbocycles. The van der Waals surface area contributed by atoms with Gasteiger partial charge in [0, 0.05) is 41.2 Å². The second-order valence-electron chi connectivity index (χ2n) is 8.21. The van der Waals surface area contributed by atoms with E-state index in [1.807, 2.05) is 55.6 Å². The number of nitrogens with one attached hydrogen (secondary N) is 1. The molecule has 0 unspecified atom stereocenters. The van der Waals surface area contributed by atoms with Gasteiger partial charge in [-0.1, -0.05) is 48.0 Å². The highest BCUT2D eigenvalue weighted by Crippen LogP contribution is 2.33. The van der Waals surface area contributed by atoms with Crippen LogP contribution in [0.15, 0.2) is 60.3 Å². The van der Waals surface area contributed by atoms with Crippen molar-refractivity contribution in [2.45, 2.75) is 26.3 Å². The molecule has 0 fully saturated rings. The molecule has 5 heteroatoms. The molecule has 0 aliphatic carbocycles. The highest BCUT2D eigenvalue weighted by molar-refractivity contribution is 6.37. The number of hydrogen-bond donors (Lipinski definition) is 1. The van der Waals surface area contributed by atoms with Crippen LogP contribution < -0.4 is 5.32 Å². The lowest BCUT2D eigenvalue weighted by atomic mass is 9.96. The van der Waals surface area contributed by atoms with Crippen molar-refractivity contribution in [1.29, 1.82) is 0 Å². The summed E-state index contributed by atoms with van der Waals surface area (Å²) in [6.07, 6.45) is 3.47. The Labute approximate surface area is 177 Å². The molecule has 5 nitrogen and oxygen atoms in total. The molecule has 4 rings (SSSR count). The fourth-order valence-electron chi connectivity index (χ4n) is 4.04. The van der Waals surface area contributed by atoms with Crippen molar-refractivity contribution in [3.05, 3.63) is 77.0 Å². The molecule has 0 bridgehead atoms. The molecule has 30 heavy (non-hydrogen) atoms. The van der Waals surface area contributed by atoms with Gasteiger partial charge in [0.15, 0.2) is 0 Å². The van der Waals surface area contributed by atoms with Crippen LogP contribution in [0.25, 0.3) is 16.5 Å². The van der Waals surface area contributed by atoms with Gasteiger partial charge in [0.05, 0.1) is 5.57 Å². The van der Waals surface area contributed by atoms with E-state index in [1.54, 1.807) is 0 Å². The van der Waals surface area contributed by atoms with Crippen molar-refractivity contribution >= 4 is 28.3 Å². The van der Waals surface area contributed by atoms with Crippen molar-refractivity contribution < 1.29 is 9.59 Å². The third kappa shape index (κ3) is 3.94. The number of aryl methyl sites for hydroxylation is 2. The number of amides is 2. The molecule has 3 aromatic rings. The van der Waals surface area contributed by atoms with Crippen molar-refractivity contribution in [1.82, 2.24) is 14.8 Å². The summed E-state index contributed by atoms with van der Waals surface area (Å²) in [5.74, 6) is -0.599. The highest BCUT2D eigenvalue weighted by atomic mass is 16.2. The summed E-state index contributed by atoms with van der Waals surface area (Å²) in [4.78, 5) is 27.6. The zero-order chi connectivity index (χ0) is 21.3. The van der Waals surface area contributed by atoms with Gasteiger partial charge in [-0.2, -0.15) is 0 Å². The quantitative estimate of drug-likeness (QED) is 0.616. The summed E-state index contributed by atoms with van der Waals surface area (Å²) in [6, 6.07) is 16.2. The first-order valence-electron chi connectivity index (χ1n) is 10.3. The molecular formula is C25H27N3O2. The van der Waals surface area contributed by atoms with Crippen LogP contribution in [0.2, 0.25) is 0 Å². The predicted octanol–water partition coefficient (Wildman–Crippen LogP) is 3.55. The Hall–Kier alpha value is -3.18. The predicted molar refractivity (Wildman–Crippen MR) is 120 cm³/mol. The number of rotatable bonds is 7. The third-order valence-corrected chi connectivity index (χ3v) is 5.59. The van der Waals surface area contributed by atoms with Crippen LogP contribution in [-0.2, 0) is 22.6 Å². The zero-order valence-corrected chi connectivity index (χ0v) is 17.7. The van der Waals surface area contributed by atoms with Crippen LogP contribution in [0.4, 0.5) is 0 Å². The van der Waals surface area contributed by atoms with Gasteiger partial charge in [-0.15, -0.1) is 0 Å². The Balaban J connectivity index is 1.78. The average molecular weight is 402 g/mol. The molecule has 1 N–H and O–H groups in total. The lowest BCUT2D eigenvalue weighted by Crippen LogP contribution is -2.23. The molecule has 0 saturated heterocycles. The molecule has 1 aromatic heterocycles. The summed E-state index contributed by atoms with van der Waals surface area (Å²) in [5.41, 5.74) is 5.15. The standard InChI is InChI=1S/C25H27N3O2/c1-17-9-11-18(12-10-17)15-20-23(25(30)26-24(20)29)21-16-28(14-6-13-27(2)3)22-8-5-4-7-19(21)22/h4-5,7-12,16H,6,13-15H2,1-3H3,(H,26,29,30). The van der Waals surface area contributed by atoms with Gasteiger partial charge >= 0.3 is 0 Å². The van der Waals surface area contributed by atoms with E-state index in [9.17, 15) is 9.59 Å². The smallest absolute Gasteiger partial charge is 0.259 e. The third-order valence-electron chi connectivity index (χ3n) is 5.59. The molecule has 1 aliphatic heterocycles. The minimum absolute atomic E-state index is 0.292. The van der Waals surface area contributed by atoms with Gasteiger partial charge in [0.2, 0.25) is 0 Å². The number of carbonyl (C=O) groups excluding carboxylic acids is 2. The summed E-state index contributed by atoms with van der Waals surface area (Å²) < 4.78 is 2.20. The van der Waals surface area contributed by atoms with Crippen LogP contribution in [0.1, 0.15) is 23.1 Å². The zero-order valence-electron chi connectivity index (χ0n) is 17.7. The number of imide groups is 1. The van der Waals surface area contributed by atoms with Crippen LogP contribution >= 0.6 is 0 Å². The molecule has 154 valence electrons. The number of benzene rings is 2. The Kier molecular flexibility index (Phi) is 5.55. The van der Waals surface area contributed by atoms with E-state index < -0.39 is 0 Å². The molecule has 0 spiro atoms. The molecule has 0 radical (unpaired) electrons. The van der Waals surface area contributed by atoms with Crippen LogP contribution in [0.5, 0.6) is 0 Å².